The molecule has 5 heteroatoms. The van der Waals surface area contributed by atoms with Crippen LogP contribution in [0.2, 0.25) is 5.02 Å². The Morgan fingerprint density at radius 2 is 2.00 bits per heavy atom. The summed E-state index contributed by atoms with van der Waals surface area (Å²) < 4.78 is 5.63. The van der Waals surface area contributed by atoms with E-state index in [4.69, 9.17) is 16.3 Å². The Bertz CT molecular complexity index is 731. The highest BCUT2D eigenvalue weighted by Crippen LogP contribution is 2.28. The summed E-state index contributed by atoms with van der Waals surface area (Å²) in [5.74, 6) is 0.625. The van der Waals surface area contributed by atoms with Crippen LogP contribution in [0.3, 0.4) is 0 Å². The topological polar surface area (TPSA) is 50.4 Å². The van der Waals surface area contributed by atoms with Gasteiger partial charge in [-0.05, 0) is 61.6 Å². The summed E-state index contributed by atoms with van der Waals surface area (Å²) in [6.07, 6.45) is 3.68. The van der Waals surface area contributed by atoms with Crippen molar-refractivity contribution < 1.29 is 9.53 Å². The number of carbonyl (C=O) groups is 1. The number of carbonyl (C=O) groups excluding carboxylic acids is 1. The van der Waals surface area contributed by atoms with Gasteiger partial charge >= 0.3 is 0 Å². The highest BCUT2D eigenvalue weighted by molar-refractivity contribution is 6.34. The molecule has 26 heavy (non-hydrogen) atoms. The van der Waals surface area contributed by atoms with E-state index in [2.05, 4.69) is 10.6 Å². The maximum atomic E-state index is 12.3. The minimum absolute atomic E-state index is 0.200. The lowest BCUT2D eigenvalue weighted by atomic mass is 10.1. The molecule has 0 heterocycles. The molecule has 0 spiro atoms. The summed E-state index contributed by atoms with van der Waals surface area (Å²) in [7, 11) is 0. The van der Waals surface area contributed by atoms with Crippen LogP contribution in [0.25, 0.3) is 0 Å². The maximum absolute atomic E-state index is 12.3. The molecule has 1 saturated carbocycles. The van der Waals surface area contributed by atoms with E-state index in [9.17, 15) is 4.79 Å². The lowest BCUT2D eigenvalue weighted by Crippen LogP contribution is -2.17. The Morgan fingerprint density at radius 1 is 1.15 bits per heavy atom. The third-order valence-corrected chi connectivity index (χ3v) is 4.65. The van der Waals surface area contributed by atoms with Gasteiger partial charge in [0, 0.05) is 25.4 Å². The highest BCUT2D eigenvalue weighted by atomic mass is 35.5. The molecule has 3 rings (SSSR count). The second-order valence-corrected chi connectivity index (χ2v) is 7.09. The highest BCUT2D eigenvalue weighted by Gasteiger charge is 2.20. The van der Waals surface area contributed by atoms with Gasteiger partial charge in [0.1, 0.15) is 0 Å². The number of benzene rings is 2. The van der Waals surface area contributed by atoms with E-state index in [1.807, 2.05) is 30.3 Å². The number of anilines is 1. The van der Waals surface area contributed by atoms with E-state index in [-0.39, 0.29) is 5.91 Å². The van der Waals surface area contributed by atoms with Gasteiger partial charge in [-0.25, -0.2) is 0 Å². The zero-order valence-corrected chi connectivity index (χ0v) is 15.6. The van der Waals surface area contributed by atoms with Gasteiger partial charge in [0.15, 0.2) is 0 Å². The second kappa shape index (κ2) is 9.72. The van der Waals surface area contributed by atoms with E-state index < -0.39 is 0 Å². The average Bonchev–Trinajstić information content (AvgIpc) is 3.46. The molecular formula is C21H25ClN2O2. The first-order chi connectivity index (χ1) is 12.7. The third kappa shape index (κ3) is 6.13. The zero-order valence-electron chi connectivity index (χ0n) is 14.8. The van der Waals surface area contributed by atoms with Crippen molar-refractivity contribution in [2.75, 3.05) is 25.1 Å². The summed E-state index contributed by atoms with van der Waals surface area (Å²) in [4.78, 5) is 12.3. The fourth-order valence-electron chi connectivity index (χ4n) is 2.67. The minimum Gasteiger partial charge on any atom is -0.381 e. The largest absolute Gasteiger partial charge is 0.381 e. The molecule has 138 valence electrons. The first-order valence-corrected chi connectivity index (χ1v) is 9.53. The molecule has 1 aliphatic rings. The Balaban J connectivity index is 1.41. The summed E-state index contributed by atoms with van der Waals surface area (Å²) >= 11 is 6.08. The third-order valence-electron chi connectivity index (χ3n) is 4.33. The van der Waals surface area contributed by atoms with Crippen molar-refractivity contribution >= 4 is 23.2 Å². The molecule has 1 amide bonds. The molecule has 0 radical (unpaired) electrons. The zero-order chi connectivity index (χ0) is 18.2. The second-order valence-electron chi connectivity index (χ2n) is 6.68. The predicted octanol–water partition coefficient (Wildman–Crippen LogP) is 4.50. The van der Waals surface area contributed by atoms with Gasteiger partial charge in [0.25, 0.3) is 5.91 Å². The van der Waals surface area contributed by atoms with Crippen molar-refractivity contribution in [2.45, 2.75) is 25.8 Å². The monoisotopic (exact) mass is 372 g/mol. The standard InChI is InChI=1S/C21H25ClN2O2/c22-20-8-2-1-7-19(20)21(25)24-18-6-3-5-17(13-18)14-23-11-4-12-26-15-16-9-10-16/h1-3,5-8,13,16,23H,4,9-12,14-15H2,(H,24,25). The molecule has 0 unspecified atom stereocenters. The first kappa shape index (κ1) is 18.9. The lowest BCUT2D eigenvalue weighted by Gasteiger charge is -2.09. The van der Waals surface area contributed by atoms with Crippen molar-refractivity contribution in [2.24, 2.45) is 5.92 Å². The quantitative estimate of drug-likeness (QED) is 0.604. The molecule has 0 aromatic heterocycles. The Hall–Kier alpha value is -1.88. The predicted molar refractivity (Wildman–Crippen MR) is 106 cm³/mol. The van der Waals surface area contributed by atoms with E-state index in [1.165, 1.54) is 12.8 Å². The van der Waals surface area contributed by atoms with E-state index in [1.54, 1.807) is 18.2 Å². The van der Waals surface area contributed by atoms with Crippen LogP contribution in [-0.4, -0.2) is 25.7 Å². The Labute approximate surface area is 159 Å². The molecule has 1 fully saturated rings. The van der Waals surface area contributed by atoms with Crippen LogP contribution < -0.4 is 10.6 Å². The van der Waals surface area contributed by atoms with Gasteiger partial charge in [0.2, 0.25) is 0 Å². The number of nitrogens with one attached hydrogen (secondary N) is 2. The molecule has 0 bridgehead atoms. The average molecular weight is 373 g/mol. The molecule has 4 nitrogen and oxygen atoms in total. The van der Waals surface area contributed by atoms with Gasteiger partial charge < -0.3 is 15.4 Å². The van der Waals surface area contributed by atoms with E-state index in [0.717, 1.165) is 49.9 Å². The van der Waals surface area contributed by atoms with Crippen LogP contribution in [0.4, 0.5) is 5.69 Å². The van der Waals surface area contributed by atoms with Gasteiger partial charge in [-0.2, -0.15) is 0 Å². The lowest BCUT2D eigenvalue weighted by molar-refractivity contribution is 0.102. The van der Waals surface area contributed by atoms with Crippen LogP contribution in [0.15, 0.2) is 48.5 Å². The molecule has 2 aromatic carbocycles. The Morgan fingerprint density at radius 3 is 2.81 bits per heavy atom. The molecule has 0 atom stereocenters. The number of hydrogen-bond acceptors (Lipinski definition) is 3. The van der Waals surface area contributed by atoms with Crippen molar-refractivity contribution in [1.82, 2.24) is 5.32 Å². The molecule has 0 saturated heterocycles. The number of halogens is 1. The van der Waals surface area contributed by atoms with Crippen molar-refractivity contribution in [3.8, 4) is 0 Å². The summed E-state index contributed by atoms with van der Waals surface area (Å²) in [6.45, 7) is 3.42. The normalized spacial score (nSPS) is 13.6. The van der Waals surface area contributed by atoms with Gasteiger partial charge in [-0.1, -0.05) is 35.9 Å². The van der Waals surface area contributed by atoms with Crippen LogP contribution in [0.5, 0.6) is 0 Å². The number of ether oxygens (including phenoxy) is 1. The molecule has 0 aliphatic heterocycles. The maximum Gasteiger partial charge on any atom is 0.257 e. The smallest absolute Gasteiger partial charge is 0.257 e. The van der Waals surface area contributed by atoms with Crippen molar-refractivity contribution in [3.05, 3.63) is 64.7 Å². The van der Waals surface area contributed by atoms with Crippen molar-refractivity contribution in [3.63, 3.8) is 0 Å². The SMILES string of the molecule is O=C(Nc1cccc(CNCCCOCC2CC2)c1)c1ccccc1Cl. The van der Waals surface area contributed by atoms with Crippen LogP contribution in [-0.2, 0) is 11.3 Å². The van der Waals surface area contributed by atoms with E-state index in [0.29, 0.717) is 10.6 Å². The fraction of sp³-hybridized carbons (Fsp3) is 0.381. The summed E-state index contributed by atoms with van der Waals surface area (Å²) in [6, 6.07) is 14.9. The van der Waals surface area contributed by atoms with Gasteiger partial charge in [0.05, 0.1) is 10.6 Å². The molecule has 2 aromatic rings. The number of hydrogen-bond donors (Lipinski definition) is 2. The van der Waals surface area contributed by atoms with Crippen LogP contribution >= 0.6 is 11.6 Å². The van der Waals surface area contributed by atoms with Crippen LogP contribution in [0.1, 0.15) is 35.2 Å². The molecule has 1 aliphatic carbocycles. The summed E-state index contributed by atoms with van der Waals surface area (Å²) in [5, 5.41) is 6.77. The van der Waals surface area contributed by atoms with Crippen molar-refractivity contribution in [1.29, 1.82) is 0 Å². The van der Waals surface area contributed by atoms with E-state index >= 15 is 0 Å². The Kier molecular flexibility index (Phi) is 7.06. The molecular weight excluding hydrogens is 348 g/mol. The number of amides is 1. The first-order valence-electron chi connectivity index (χ1n) is 9.15. The molecule has 2 N–H and O–H groups in total. The fourth-order valence-corrected chi connectivity index (χ4v) is 2.89. The number of rotatable bonds is 10. The minimum atomic E-state index is -0.200. The van der Waals surface area contributed by atoms with Gasteiger partial charge in [-0.15, -0.1) is 0 Å². The van der Waals surface area contributed by atoms with Crippen LogP contribution in [0, 0.1) is 5.92 Å². The summed E-state index contributed by atoms with van der Waals surface area (Å²) in [5.41, 5.74) is 2.37. The van der Waals surface area contributed by atoms with Gasteiger partial charge in [-0.3, -0.25) is 4.79 Å².